The summed E-state index contributed by atoms with van der Waals surface area (Å²) in [4.78, 5) is 0. The second-order valence-electron chi connectivity index (χ2n) is 6.02. The molecule has 0 fully saturated rings. The van der Waals surface area contributed by atoms with Crippen LogP contribution >= 0.6 is 0 Å². The highest BCUT2D eigenvalue weighted by Crippen LogP contribution is 2.23. The van der Waals surface area contributed by atoms with Gasteiger partial charge in [-0.25, -0.2) is 0 Å². The minimum absolute atomic E-state index is 0.0509. The fourth-order valence-corrected chi connectivity index (χ4v) is 2.33. The fourth-order valence-electron chi connectivity index (χ4n) is 2.33. The molecule has 0 heterocycles. The van der Waals surface area contributed by atoms with Crippen molar-refractivity contribution in [1.29, 1.82) is 0 Å². The van der Waals surface area contributed by atoms with Crippen molar-refractivity contribution in [3.05, 3.63) is 60.2 Å². The van der Waals surface area contributed by atoms with Crippen LogP contribution < -0.4 is 5.32 Å². The molecule has 0 aliphatic carbocycles. The van der Waals surface area contributed by atoms with Crippen LogP contribution in [-0.4, -0.2) is 17.7 Å². The summed E-state index contributed by atoms with van der Waals surface area (Å²) >= 11 is 0. The summed E-state index contributed by atoms with van der Waals surface area (Å²) in [6.45, 7) is 7.28. The van der Waals surface area contributed by atoms with Crippen LogP contribution in [0.3, 0.4) is 0 Å². The highest BCUT2D eigenvalue weighted by Gasteiger charge is 2.16. The van der Waals surface area contributed by atoms with Crippen LogP contribution in [0.25, 0.3) is 11.1 Å². The van der Waals surface area contributed by atoms with E-state index in [0.29, 0.717) is 5.92 Å². The largest absolute Gasteiger partial charge is 0.387 e. The van der Waals surface area contributed by atoms with Crippen molar-refractivity contribution in [2.24, 2.45) is 5.92 Å². The summed E-state index contributed by atoms with van der Waals surface area (Å²) < 4.78 is 0. The van der Waals surface area contributed by atoms with Crippen molar-refractivity contribution in [3.63, 3.8) is 0 Å². The van der Waals surface area contributed by atoms with E-state index in [4.69, 9.17) is 0 Å². The second-order valence-corrected chi connectivity index (χ2v) is 6.02. The summed E-state index contributed by atoms with van der Waals surface area (Å²) in [5.74, 6) is 0.583. The van der Waals surface area contributed by atoms with Crippen molar-refractivity contribution in [1.82, 2.24) is 5.32 Å². The van der Waals surface area contributed by atoms with Gasteiger partial charge in [0.15, 0.2) is 0 Å². The van der Waals surface area contributed by atoms with Crippen molar-refractivity contribution in [2.45, 2.75) is 32.9 Å². The smallest absolute Gasteiger partial charge is 0.0940 e. The first kappa shape index (κ1) is 15.7. The summed E-state index contributed by atoms with van der Waals surface area (Å²) in [6.07, 6.45) is -0.478. The van der Waals surface area contributed by atoms with E-state index < -0.39 is 6.10 Å². The number of rotatable bonds is 6. The van der Waals surface area contributed by atoms with Crippen LogP contribution in [0.1, 0.15) is 32.4 Å². The van der Waals surface area contributed by atoms with E-state index >= 15 is 0 Å². The number of aliphatic hydroxyl groups excluding tert-OH is 1. The number of aliphatic hydroxyl groups is 1. The standard InChI is InChI=1S/C19H25NO/c1-14(2)13-20-15(3)19(21)18-11-9-17(10-12-18)16-7-5-4-6-8-16/h4-12,14-15,19-21H,13H2,1-3H3. The first-order chi connectivity index (χ1) is 10.1. The van der Waals surface area contributed by atoms with Gasteiger partial charge in [-0.2, -0.15) is 0 Å². The summed E-state index contributed by atoms with van der Waals surface area (Å²) in [7, 11) is 0. The monoisotopic (exact) mass is 283 g/mol. The van der Waals surface area contributed by atoms with Gasteiger partial charge in [0.1, 0.15) is 0 Å². The molecular weight excluding hydrogens is 258 g/mol. The molecule has 0 spiro atoms. The molecule has 21 heavy (non-hydrogen) atoms. The highest BCUT2D eigenvalue weighted by atomic mass is 16.3. The van der Waals surface area contributed by atoms with Crippen LogP contribution in [-0.2, 0) is 0 Å². The molecule has 2 aromatic carbocycles. The van der Waals surface area contributed by atoms with Crippen molar-refractivity contribution < 1.29 is 5.11 Å². The van der Waals surface area contributed by atoms with Gasteiger partial charge in [0.05, 0.1) is 6.10 Å². The van der Waals surface area contributed by atoms with Gasteiger partial charge >= 0.3 is 0 Å². The van der Waals surface area contributed by atoms with Gasteiger partial charge in [-0.15, -0.1) is 0 Å². The number of hydrogen-bond acceptors (Lipinski definition) is 2. The molecule has 0 radical (unpaired) electrons. The van der Waals surface area contributed by atoms with Crippen LogP contribution in [0.4, 0.5) is 0 Å². The number of nitrogens with one attached hydrogen (secondary N) is 1. The Hall–Kier alpha value is -1.64. The normalized spacial score (nSPS) is 14.1. The minimum atomic E-state index is -0.478. The molecule has 0 aliphatic rings. The third-order valence-corrected chi connectivity index (χ3v) is 3.68. The quantitative estimate of drug-likeness (QED) is 0.839. The first-order valence-electron chi connectivity index (χ1n) is 7.64. The van der Waals surface area contributed by atoms with E-state index in [1.54, 1.807) is 0 Å². The molecule has 112 valence electrons. The number of hydrogen-bond donors (Lipinski definition) is 2. The lowest BCUT2D eigenvalue weighted by Gasteiger charge is -2.22. The molecule has 0 aromatic heterocycles. The van der Waals surface area contributed by atoms with Crippen LogP contribution in [0, 0.1) is 5.92 Å². The molecule has 0 bridgehead atoms. The van der Waals surface area contributed by atoms with Crippen LogP contribution in [0.5, 0.6) is 0 Å². The highest BCUT2D eigenvalue weighted by molar-refractivity contribution is 5.63. The topological polar surface area (TPSA) is 32.3 Å². The average Bonchev–Trinajstić information content (AvgIpc) is 2.53. The molecule has 2 atom stereocenters. The lowest BCUT2D eigenvalue weighted by molar-refractivity contribution is 0.134. The predicted molar refractivity (Wildman–Crippen MR) is 89.1 cm³/mol. The minimum Gasteiger partial charge on any atom is -0.387 e. The average molecular weight is 283 g/mol. The van der Waals surface area contributed by atoms with E-state index in [0.717, 1.165) is 12.1 Å². The molecule has 0 aliphatic heterocycles. The zero-order valence-electron chi connectivity index (χ0n) is 13.1. The van der Waals surface area contributed by atoms with E-state index in [1.807, 2.05) is 37.3 Å². The zero-order chi connectivity index (χ0) is 15.2. The Bertz CT molecular complexity index is 533. The van der Waals surface area contributed by atoms with Gasteiger partial charge in [0.25, 0.3) is 0 Å². The molecule has 2 N–H and O–H groups in total. The third kappa shape index (κ3) is 4.42. The van der Waals surface area contributed by atoms with Gasteiger partial charge < -0.3 is 10.4 Å². The number of benzene rings is 2. The molecule has 0 amide bonds. The maximum absolute atomic E-state index is 10.4. The Kier molecular flexibility index (Phi) is 5.54. The molecule has 2 aromatic rings. The van der Waals surface area contributed by atoms with Gasteiger partial charge in [-0.05, 0) is 36.1 Å². The Morgan fingerprint density at radius 3 is 2.00 bits per heavy atom. The maximum atomic E-state index is 10.4. The van der Waals surface area contributed by atoms with Gasteiger partial charge in [0, 0.05) is 6.04 Å². The molecule has 2 unspecified atom stereocenters. The van der Waals surface area contributed by atoms with Crippen molar-refractivity contribution >= 4 is 0 Å². The van der Waals surface area contributed by atoms with E-state index in [1.165, 1.54) is 11.1 Å². The Labute approximate surface area is 127 Å². The van der Waals surface area contributed by atoms with E-state index in [2.05, 4.69) is 43.4 Å². The predicted octanol–water partition coefficient (Wildman–Crippen LogP) is 4.02. The summed E-state index contributed by atoms with van der Waals surface area (Å²) in [6, 6.07) is 18.5. The molecule has 0 saturated heterocycles. The van der Waals surface area contributed by atoms with Gasteiger partial charge in [-0.3, -0.25) is 0 Å². The molecular formula is C19H25NO. The first-order valence-corrected chi connectivity index (χ1v) is 7.64. The SMILES string of the molecule is CC(C)CNC(C)C(O)c1ccc(-c2ccccc2)cc1. The maximum Gasteiger partial charge on any atom is 0.0940 e. The van der Waals surface area contributed by atoms with Crippen LogP contribution in [0.15, 0.2) is 54.6 Å². The zero-order valence-corrected chi connectivity index (χ0v) is 13.1. The molecule has 2 heteroatoms. The summed E-state index contributed by atoms with van der Waals surface area (Å²) in [5.41, 5.74) is 3.33. The van der Waals surface area contributed by atoms with E-state index in [-0.39, 0.29) is 6.04 Å². The van der Waals surface area contributed by atoms with Crippen molar-refractivity contribution in [3.8, 4) is 11.1 Å². The van der Waals surface area contributed by atoms with Gasteiger partial charge in [-0.1, -0.05) is 68.4 Å². The van der Waals surface area contributed by atoms with Crippen molar-refractivity contribution in [2.75, 3.05) is 6.54 Å². The van der Waals surface area contributed by atoms with E-state index in [9.17, 15) is 5.11 Å². The fraction of sp³-hybridized carbons (Fsp3) is 0.368. The Balaban J connectivity index is 2.04. The summed E-state index contributed by atoms with van der Waals surface area (Å²) in [5, 5.41) is 13.8. The lowest BCUT2D eigenvalue weighted by atomic mass is 9.99. The van der Waals surface area contributed by atoms with Crippen LogP contribution in [0.2, 0.25) is 0 Å². The Morgan fingerprint density at radius 2 is 1.43 bits per heavy atom. The third-order valence-electron chi connectivity index (χ3n) is 3.68. The lowest BCUT2D eigenvalue weighted by Crippen LogP contribution is -2.34. The van der Waals surface area contributed by atoms with Gasteiger partial charge in [0.2, 0.25) is 0 Å². The molecule has 2 nitrogen and oxygen atoms in total. The Morgan fingerprint density at radius 1 is 0.857 bits per heavy atom. The molecule has 2 rings (SSSR count). The molecule has 0 saturated carbocycles. The second kappa shape index (κ2) is 7.39.